The predicted octanol–water partition coefficient (Wildman–Crippen LogP) is 4.55. The van der Waals surface area contributed by atoms with E-state index in [0.29, 0.717) is 4.88 Å². The minimum atomic E-state index is -0.386. The number of halogens is 1. The number of thiazole rings is 1. The summed E-state index contributed by atoms with van der Waals surface area (Å²) in [6.45, 7) is 6.21. The Morgan fingerprint density at radius 3 is 2.52 bits per heavy atom. The maximum Gasteiger partial charge on any atom is 0.263 e. The molecule has 1 aromatic heterocycles. The third-order valence-corrected chi connectivity index (χ3v) is 6.32. The summed E-state index contributed by atoms with van der Waals surface area (Å²) in [5.41, 5.74) is 1.64. The summed E-state index contributed by atoms with van der Waals surface area (Å²) in [7, 11) is 0. The van der Waals surface area contributed by atoms with Crippen LogP contribution >= 0.6 is 22.9 Å². The van der Waals surface area contributed by atoms with Crippen LogP contribution in [0.25, 0.3) is 10.8 Å². The number of benzene rings is 2. The van der Waals surface area contributed by atoms with Crippen LogP contribution in [0.3, 0.4) is 0 Å². The van der Waals surface area contributed by atoms with Gasteiger partial charge in [-0.3, -0.25) is 9.59 Å². The topological polar surface area (TPSA) is 71.1 Å². The molecule has 0 bridgehead atoms. The number of fused-ring (bicyclic) bond motifs is 1. The van der Waals surface area contributed by atoms with Crippen molar-refractivity contribution in [1.82, 2.24) is 15.6 Å². The lowest BCUT2D eigenvalue weighted by Gasteiger charge is -2.20. The first-order valence-corrected chi connectivity index (χ1v) is 10.8. The van der Waals surface area contributed by atoms with Crippen LogP contribution < -0.4 is 10.6 Å². The molecule has 0 aliphatic heterocycles. The Morgan fingerprint density at radius 1 is 1.14 bits per heavy atom. The molecular formula is C22H24ClN3O2S. The van der Waals surface area contributed by atoms with Crippen LogP contribution in [0.15, 0.2) is 42.5 Å². The molecule has 0 fully saturated rings. The number of aryl methyl sites for hydroxylation is 1. The van der Waals surface area contributed by atoms with Crippen molar-refractivity contribution in [2.75, 3.05) is 12.4 Å². The standard InChI is InChI=1S/C22H24ClN3O2S/c1-13(2)22-25-14(3)20(29-22)21(28)26-18(12-24-19(27)11-23)17-9-8-15-6-4-5-7-16(15)10-17/h4-10,13,18H,11-12H2,1-3H3,(H,24,27)(H,26,28). The van der Waals surface area contributed by atoms with Crippen LogP contribution in [0.5, 0.6) is 0 Å². The van der Waals surface area contributed by atoms with Crippen LogP contribution in [-0.4, -0.2) is 29.2 Å². The molecule has 0 spiro atoms. The van der Waals surface area contributed by atoms with Gasteiger partial charge in [-0.1, -0.05) is 50.2 Å². The van der Waals surface area contributed by atoms with Gasteiger partial charge in [-0.05, 0) is 29.3 Å². The number of hydrogen-bond donors (Lipinski definition) is 2. The molecular weight excluding hydrogens is 406 g/mol. The zero-order valence-electron chi connectivity index (χ0n) is 16.7. The summed E-state index contributed by atoms with van der Waals surface area (Å²) >= 11 is 7.02. The highest BCUT2D eigenvalue weighted by Gasteiger charge is 2.21. The fourth-order valence-electron chi connectivity index (χ4n) is 3.04. The molecule has 1 atom stereocenters. The van der Waals surface area contributed by atoms with Gasteiger partial charge in [-0.2, -0.15) is 0 Å². The average Bonchev–Trinajstić information content (AvgIpc) is 3.12. The van der Waals surface area contributed by atoms with Gasteiger partial charge in [-0.15, -0.1) is 22.9 Å². The quantitative estimate of drug-likeness (QED) is 0.541. The lowest BCUT2D eigenvalue weighted by Crippen LogP contribution is -2.38. The maximum absolute atomic E-state index is 13.0. The second kappa shape index (κ2) is 9.37. The maximum atomic E-state index is 13.0. The van der Waals surface area contributed by atoms with E-state index >= 15 is 0 Å². The molecule has 2 N–H and O–H groups in total. The summed E-state index contributed by atoms with van der Waals surface area (Å²) in [6.07, 6.45) is 0. The van der Waals surface area contributed by atoms with Gasteiger partial charge < -0.3 is 10.6 Å². The Hall–Kier alpha value is -2.44. The zero-order chi connectivity index (χ0) is 21.0. The smallest absolute Gasteiger partial charge is 0.263 e. The van der Waals surface area contributed by atoms with Crippen molar-refractivity contribution in [3.05, 3.63) is 63.6 Å². The Balaban J connectivity index is 1.88. The van der Waals surface area contributed by atoms with Gasteiger partial charge in [0.2, 0.25) is 5.91 Å². The number of alkyl halides is 1. The largest absolute Gasteiger partial charge is 0.353 e. The number of hydrogen-bond acceptors (Lipinski definition) is 4. The highest BCUT2D eigenvalue weighted by molar-refractivity contribution is 7.13. The van der Waals surface area contributed by atoms with E-state index in [1.54, 1.807) is 0 Å². The molecule has 0 saturated heterocycles. The Kier molecular flexibility index (Phi) is 6.87. The number of rotatable bonds is 7. The molecule has 0 aliphatic carbocycles. The number of carbonyl (C=O) groups is 2. The summed E-state index contributed by atoms with van der Waals surface area (Å²) < 4.78 is 0. The molecule has 3 aromatic rings. The van der Waals surface area contributed by atoms with Crippen LogP contribution in [0, 0.1) is 6.92 Å². The number of nitrogens with zero attached hydrogens (tertiary/aromatic N) is 1. The molecule has 7 heteroatoms. The lowest BCUT2D eigenvalue weighted by atomic mass is 10.0. The third kappa shape index (κ3) is 5.14. The second-order valence-electron chi connectivity index (χ2n) is 7.19. The Labute approximate surface area is 179 Å². The number of amides is 2. The molecule has 3 rings (SSSR count). The number of nitrogens with one attached hydrogen (secondary N) is 2. The molecule has 0 saturated carbocycles. The number of carbonyl (C=O) groups excluding carboxylic acids is 2. The first-order chi connectivity index (χ1) is 13.9. The van der Waals surface area contributed by atoms with Crippen molar-refractivity contribution in [3.8, 4) is 0 Å². The van der Waals surface area contributed by atoms with Gasteiger partial charge in [0.05, 0.1) is 16.7 Å². The van der Waals surface area contributed by atoms with E-state index in [1.807, 2.05) is 49.4 Å². The second-order valence-corrected chi connectivity index (χ2v) is 8.49. The van der Waals surface area contributed by atoms with E-state index < -0.39 is 0 Å². The third-order valence-electron chi connectivity index (χ3n) is 4.62. The highest BCUT2D eigenvalue weighted by Crippen LogP contribution is 2.26. The van der Waals surface area contributed by atoms with Gasteiger partial charge in [-0.25, -0.2) is 4.98 Å². The minimum Gasteiger partial charge on any atom is -0.353 e. The predicted molar refractivity (Wildman–Crippen MR) is 119 cm³/mol. The minimum absolute atomic E-state index is 0.121. The van der Waals surface area contributed by atoms with Crippen LogP contribution in [0.4, 0.5) is 0 Å². The molecule has 2 aromatic carbocycles. The summed E-state index contributed by atoms with van der Waals surface area (Å²) in [5, 5.41) is 8.96. The summed E-state index contributed by atoms with van der Waals surface area (Å²) in [6, 6.07) is 13.7. The number of aromatic nitrogens is 1. The summed E-state index contributed by atoms with van der Waals surface area (Å²) in [4.78, 5) is 29.8. The van der Waals surface area contributed by atoms with E-state index in [1.165, 1.54) is 11.3 Å². The fourth-order valence-corrected chi connectivity index (χ4v) is 4.11. The van der Waals surface area contributed by atoms with Crippen LogP contribution in [-0.2, 0) is 4.79 Å². The lowest BCUT2D eigenvalue weighted by molar-refractivity contribution is -0.118. The van der Waals surface area contributed by atoms with Crippen molar-refractivity contribution >= 4 is 45.5 Å². The van der Waals surface area contributed by atoms with Gasteiger partial charge in [0.25, 0.3) is 5.91 Å². The monoisotopic (exact) mass is 429 g/mol. The molecule has 0 radical (unpaired) electrons. The molecule has 5 nitrogen and oxygen atoms in total. The van der Waals surface area contributed by atoms with Crippen molar-refractivity contribution < 1.29 is 9.59 Å². The highest BCUT2D eigenvalue weighted by atomic mass is 35.5. The molecule has 2 amide bonds. The van der Waals surface area contributed by atoms with Crippen molar-refractivity contribution in [2.45, 2.75) is 32.7 Å². The van der Waals surface area contributed by atoms with Crippen molar-refractivity contribution in [2.24, 2.45) is 0 Å². The Bertz CT molecular complexity index is 1030. The normalized spacial score (nSPS) is 12.2. The van der Waals surface area contributed by atoms with E-state index in [2.05, 4.69) is 29.5 Å². The molecule has 0 aliphatic rings. The van der Waals surface area contributed by atoms with Gasteiger partial charge in [0.1, 0.15) is 10.8 Å². The first kappa shape index (κ1) is 21.3. The van der Waals surface area contributed by atoms with E-state index in [0.717, 1.165) is 27.0 Å². The molecule has 1 unspecified atom stereocenters. The zero-order valence-corrected chi connectivity index (χ0v) is 18.2. The van der Waals surface area contributed by atoms with Crippen molar-refractivity contribution in [1.29, 1.82) is 0 Å². The van der Waals surface area contributed by atoms with E-state index in [9.17, 15) is 9.59 Å². The summed E-state index contributed by atoms with van der Waals surface area (Å²) in [5.74, 6) is -0.322. The molecule has 29 heavy (non-hydrogen) atoms. The van der Waals surface area contributed by atoms with Gasteiger partial charge in [0, 0.05) is 12.5 Å². The molecule has 1 heterocycles. The Morgan fingerprint density at radius 2 is 1.86 bits per heavy atom. The first-order valence-electron chi connectivity index (χ1n) is 9.48. The van der Waals surface area contributed by atoms with Gasteiger partial charge >= 0.3 is 0 Å². The molecule has 152 valence electrons. The van der Waals surface area contributed by atoms with Crippen molar-refractivity contribution in [3.63, 3.8) is 0 Å². The van der Waals surface area contributed by atoms with Gasteiger partial charge in [0.15, 0.2) is 0 Å². The fraction of sp³-hybridized carbons (Fsp3) is 0.318. The average molecular weight is 430 g/mol. The van der Waals surface area contributed by atoms with E-state index in [4.69, 9.17) is 11.6 Å². The van der Waals surface area contributed by atoms with E-state index in [-0.39, 0.29) is 36.2 Å². The van der Waals surface area contributed by atoms with Crippen LogP contribution in [0.1, 0.15) is 51.7 Å². The SMILES string of the molecule is Cc1nc(C(C)C)sc1C(=O)NC(CNC(=O)CCl)c1ccc2ccccc2c1. The van der Waals surface area contributed by atoms with Crippen LogP contribution in [0.2, 0.25) is 0 Å².